The number of nitrogens with zero attached hydrogens (tertiary/aromatic N) is 6. The Kier molecular flexibility index (Phi) is 8.26. The molecule has 0 N–H and O–H groups in total. The molecule has 0 spiro atoms. The van der Waals surface area contributed by atoms with Crippen molar-refractivity contribution in [3.05, 3.63) is 190 Å². The van der Waals surface area contributed by atoms with E-state index in [-0.39, 0.29) is 10.8 Å². The Hall–Kier alpha value is -7.90. The summed E-state index contributed by atoms with van der Waals surface area (Å²) < 4.78 is 0. The van der Waals surface area contributed by atoms with E-state index in [1.54, 1.807) is 12.1 Å². The lowest BCUT2D eigenvalue weighted by molar-refractivity contribution is 0.631. The van der Waals surface area contributed by atoms with E-state index in [2.05, 4.69) is 147 Å². The Morgan fingerprint density at radius 1 is 0.345 bits per heavy atom. The van der Waals surface area contributed by atoms with Gasteiger partial charge in [-0.2, -0.15) is 21.0 Å². The number of hydrogen-bond donors (Lipinski definition) is 0. The fraction of sp³-hybridized carbons (Fsp3) is 0.115. The minimum atomic E-state index is -0.321. The van der Waals surface area contributed by atoms with Crippen molar-refractivity contribution in [3.8, 4) is 46.5 Å². The zero-order chi connectivity index (χ0) is 40.3. The molecule has 0 amide bonds. The maximum Gasteiger partial charge on any atom is 0.0992 e. The zero-order valence-corrected chi connectivity index (χ0v) is 32.5. The van der Waals surface area contributed by atoms with E-state index in [1.807, 2.05) is 48.5 Å². The molecule has 0 saturated carbocycles. The van der Waals surface area contributed by atoms with Crippen LogP contribution in [0.5, 0.6) is 0 Å². The van der Waals surface area contributed by atoms with Crippen molar-refractivity contribution in [3.63, 3.8) is 0 Å². The average molecular weight is 745 g/mol. The van der Waals surface area contributed by atoms with Gasteiger partial charge < -0.3 is 9.80 Å². The van der Waals surface area contributed by atoms with Gasteiger partial charge in [0.25, 0.3) is 0 Å². The third-order valence-corrected chi connectivity index (χ3v) is 11.9. The Balaban J connectivity index is 1.48. The number of benzene rings is 7. The number of anilines is 6. The van der Waals surface area contributed by atoms with Crippen LogP contribution in [0, 0.1) is 45.3 Å². The van der Waals surface area contributed by atoms with Crippen molar-refractivity contribution in [2.24, 2.45) is 0 Å². The molecule has 0 radical (unpaired) electrons. The van der Waals surface area contributed by atoms with E-state index < -0.39 is 0 Å². The lowest BCUT2D eigenvalue weighted by atomic mass is 9.73. The van der Waals surface area contributed by atoms with E-state index in [0.29, 0.717) is 33.4 Å². The van der Waals surface area contributed by atoms with E-state index in [1.165, 1.54) is 0 Å². The highest BCUT2D eigenvalue weighted by Gasteiger charge is 2.40. The van der Waals surface area contributed by atoms with Crippen LogP contribution in [-0.4, -0.2) is 0 Å². The van der Waals surface area contributed by atoms with Crippen molar-refractivity contribution in [2.45, 2.75) is 38.5 Å². The monoisotopic (exact) mass is 744 g/mol. The lowest BCUT2D eigenvalue weighted by Gasteiger charge is -2.44. The molecule has 2 heterocycles. The smallest absolute Gasteiger partial charge is 0.0992 e. The quantitative estimate of drug-likeness (QED) is 0.178. The van der Waals surface area contributed by atoms with Gasteiger partial charge in [-0.1, -0.05) is 100 Å². The van der Waals surface area contributed by atoms with Crippen molar-refractivity contribution in [2.75, 3.05) is 9.80 Å². The van der Waals surface area contributed by atoms with Crippen LogP contribution in [0.15, 0.2) is 146 Å². The van der Waals surface area contributed by atoms with Crippen LogP contribution in [0.1, 0.15) is 72.2 Å². The topological polar surface area (TPSA) is 102 Å². The molecule has 2 aliphatic heterocycles. The number of rotatable bonds is 4. The van der Waals surface area contributed by atoms with E-state index in [9.17, 15) is 21.0 Å². The van der Waals surface area contributed by atoms with Gasteiger partial charge in [0.2, 0.25) is 0 Å². The molecule has 7 aromatic rings. The molecule has 58 heavy (non-hydrogen) atoms. The first-order valence-corrected chi connectivity index (χ1v) is 19.2. The van der Waals surface area contributed by atoms with Crippen LogP contribution >= 0.6 is 0 Å². The summed E-state index contributed by atoms with van der Waals surface area (Å²) in [4.78, 5) is 4.56. The maximum absolute atomic E-state index is 10.3. The molecule has 0 aliphatic carbocycles. The molecule has 0 aromatic heterocycles. The van der Waals surface area contributed by atoms with Gasteiger partial charge in [-0.25, -0.2) is 0 Å². The largest absolute Gasteiger partial charge is 0.309 e. The summed E-state index contributed by atoms with van der Waals surface area (Å²) >= 11 is 0. The summed E-state index contributed by atoms with van der Waals surface area (Å²) in [6.07, 6.45) is 0. The van der Waals surface area contributed by atoms with Gasteiger partial charge in [-0.3, -0.25) is 0 Å². The highest BCUT2D eigenvalue weighted by atomic mass is 15.2. The fourth-order valence-electron chi connectivity index (χ4n) is 9.09. The molecule has 0 atom stereocenters. The summed E-state index contributed by atoms with van der Waals surface area (Å²) in [6, 6.07) is 57.8. The van der Waals surface area contributed by atoms with Gasteiger partial charge in [0.05, 0.1) is 80.7 Å². The Morgan fingerprint density at radius 2 is 0.603 bits per heavy atom. The second-order valence-electron chi connectivity index (χ2n) is 15.9. The van der Waals surface area contributed by atoms with E-state index >= 15 is 0 Å². The fourth-order valence-corrected chi connectivity index (χ4v) is 9.09. The van der Waals surface area contributed by atoms with Gasteiger partial charge >= 0.3 is 0 Å². The first-order valence-electron chi connectivity index (χ1n) is 19.2. The predicted octanol–water partition coefficient (Wildman–Crippen LogP) is 12.7. The van der Waals surface area contributed by atoms with Gasteiger partial charge in [0.1, 0.15) is 0 Å². The second-order valence-corrected chi connectivity index (χ2v) is 15.9. The molecule has 7 aromatic carbocycles. The molecule has 274 valence electrons. The van der Waals surface area contributed by atoms with Crippen LogP contribution < -0.4 is 9.80 Å². The van der Waals surface area contributed by atoms with Gasteiger partial charge in [0.15, 0.2) is 0 Å². The number of para-hydroxylation sites is 4. The van der Waals surface area contributed by atoms with E-state index in [0.717, 1.165) is 67.5 Å². The van der Waals surface area contributed by atoms with Crippen molar-refractivity contribution < 1.29 is 0 Å². The van der Waals surface area contributed by atoms with Gasteiger partial charge in [-0.15, -0.1) is 0 Å². The molecular formula is C52H36N6. The van der Waals surface area contributed by atoms with E-state index in [4.69, 9.17) is 0 Å². The SMILES string of the molecule is CC1(C)c2ccccc2N(c2cc(-c3cc(C#N)cc(C#N)c3)c(N3c4ccccc4C(C)(C)c4ccccc43)cc2-c2cc(C#N)cc(C#N)c2)c2ccccc21. The first-order chi connectivity index (χ1) is 28.1. The van der Waals surface area contributed by atoms with Crippen LogP contribution in [0.25, 0.3) is 22.3 Å². The number of fused-ring (bicyclic) bond motifs is 4. The van der Waals surface area contributed by atoms with Crippen molar-refractivity contribution >= 4 is 34.1 Å². The number of nitriles is 4. The molecule has 6 heteroatoms. The van der Waals surface area contributed by atoms with Crippen molar-refractivity contribution in [1.82, 2.24) is 0 Å². The normalized spacial score (nSPS) is 14.0. The number of hydrogen-bond acceptors (Lipinski definition) is 6. The van der Waals surface area contributed by atoms with Crippen molar-refractivity contribution in [1.29, 1.82) is 21.0 Å². The Labute approximate surface area is 339 Å². The van der Waals surface area contributed by atoms with Crippen LogP contribution in [0.3, 0.4) is 0 Å². The minimum absolute atomic E-state index is 0.321. The molecular weight excluding hydrogens is 709 g/mol. The standard InChI is InChI=1S/C52H36N6/c1-51(2)41-13-5-9-17-45(41)57(46-18-10-6-14-42(46)51)49-27-40(38-25-35(31-55)22-36(26-38)32-56)50(28-39(49)37-23-33(29-53)21-34(24-37)30-54)58-47-19-11-7-15-43(47)52(3,4)44-16-8-12-20-48(44)58/h5-28H,1-4H3. The first kappa shape index (κ1) is 35.8. The molecule has 0 bridgehead atoms. The summed E-state index contributed by atoms with van der Waals surface area (Å²) in [5, 5.41) is 41.0. The molecule has 6 nitrogen and oxygen atoms in total. The molecule has 0 saturated heterocycles. The third kappa shape index (κ3) is 5.44. The summed E-state index contributed by atoms with van der Waals surface area (Å²) in [7, 11) is 0. The van der Waals surface area contributed by atoms with Crippen LogP contribution in [0.4, 0.5) is 34.1 Å². The molecule has 2 aliphatic rings. The van der Waals surface area contributed by atoms with Crippen LogP contribution in [-0.2, 0) is 10.8 Å². The zero-order valence-electron chi connectivity index (χ0n) is 32.5. The molecule has 0 fully saturated rings. The summed E-state index contributed by atoms with van der Waals surface area (Å²) in [5.41, 5.74) is 14.1. The second kappa shape index (κ2) is 13.4. The van der Waals surface area contributed by atoms with Crippen LogP contribution in [0.2, 0.25) is 0 Å². The summed E-state index contributed by atoms with van der Waals surface area (Å²) in [6.45, 7) is 8.99. The third-order valence-electron chi connectivity index (χ3n) is 11.9. The highest BCUT2D eigenvalue weighted by Crippen LogP contribution is 2.58. The van der Waals surface area contributed by atoms with Gasteiger partial charge in [-0.05, 0) is 106 Å². The lowest BCUT2D eigenvalue weighted by Crippen LogP contribution is -2.31. The summed E-state index contributed by atoms with van der Waals surface area (Å²) in [5.74, 6) is 0. The predicted molar refractivity (Wildman–Crippen MR) is 230 cm³/mol. The molecule has 0 unspecified atom stereocenters. The molecule has 9 rings (SSSR count). The van der Waals surface area contributed by atoms with Gasteiger partial charge in [0, 0.05) is 22.0 Å². The Morgan fingerprint density at radius 3 is 0.862 bits per heavy atom. The highest BCUT2D eigenvalue weighted by molar-refractivity contribution is 6.01. The maximum atomic E-state index is 10.3. The minimum Gasteiger partial charge on any atom is -0.309 e. The Bertz CT molecular complexity index is 2660. The average Bonchev–Trinajstić information content (AvgIpc) is 3.26.